The maximum absolute atomic E-state index is 6.44. The fourth-order valence-corrected chi connectivity index (χ4v) is 6.58. The molecular weight excluding hydrogens is 484 g/mol. The van der Waals surface area contributed by atoms with Gasteiger partial charge in [-0.15, -0.1) is 0 Å². The summed E-state index contributed by atoms with van der Waals surface area (Å²) in [6, 6.07) is 36.6. The Hall–Kier alpha value is -3.82. The maximum atomic E-state index is 6.44. The summed E-state index contributed by atoms with van der Waals surface area (Å²) < 4.78 is 13.7. The first-order valence-corrected chi connectivity index (χ1v) is 12.2. The van der Waals surface area contributed by atoms with E-state index in [-0.39, 0.29) is 5.41 Å². The Morgan fingerprint density at radius 2 is 1.03 bits per heavy atom. The predicted octanol–water partition coefficient (Wildman–Crippen LogP) is 8.69. The number of para-hydroxylation sites is 1. The molecule has 0 unspecified atom stereocenters. The summed E-state index contributed by atoms with van der Waals surface area (Å²) in [5, 5.41) is 0. The van der Waals surface area contributed by atoms with E-state index in [2.05, 4.69) is 101 Å². The lowest BCUT2D eigenvalue weighted by Gasteiger charge is -2.31. The third-order valence-electron chi connectivity index (χ3n) is 7.42. The molecule has 0 bridgehead atoms. The number of hydrogen-bond donors (Lipinski definition) is 0. The molecule has 0 N–H and O–H groups in total. The van der Waals surface area contributed by atoms with Crippen LogP contribution in [-0.4, -0.2) is 0 Å². The summed E-state index contributed by atoms with van der Waals surface area (Å²) in [6.45, 7) is 0. The molecule has 0 saturated carbocycles. The third-order valence-corrected chi connectivity index (χ3v) is 8.05. The van der Waals surface area contributed by atoms with Crippen molar-refractivity contribution in [1.82, 2.24) is 0 Å². The minimum Gasteiger partial charge on any atom is -0.449 e. The summed E-state index contributed by atoms with van der Waals surface area (Å²) in [4.78, 5) is 0. The molecule has 8 rings (SSSR count). The standard InChI is InChI=1S/C31H17BrO2/c32-26-14-7-15-27-30(26)34-29-17-25-21(16-28(29)33-27)20-10-3-6-13-24(20)31(25)22-11-4-1-8-18(22)19-9-2-5-12-23(19)31/h1-17H. The van der Waals surface area contributed by atoms with Gasteiger partial charge in [-0.05, 0) is 84.7 Å². The van der Waals surface area contributed by atoms with Crippen LogP contribution in [0.25, 0.3) is 22.3 Å². The van der Waals surface area contributed by atoms with Crippen LogP contribution in [0.3, 0.4) is 0 Å². The Balaban J connectivity index is 1.48. The van der Waals surface area contributed by atoms with Crippen molar-refractivity contribution in [3.8, 4) is 45.3 Å². The number of rotatable bonds is 0. The second-order valence-corrected chi connectivity index (χ2v) is 9.86. The number of hydrogen-bond acceptors (Lipinski definition) is 2. The van der Waals surface area contributed by atoms with E-state index in [9.17, 15) is 0 Å². The fraction of sp³-hybridized carbons (Fsp3) is 0.0323. The second kappa shape index (κ2) is 6.40. The molecule has 0 radical (unpaired) electrons. The average molecular weight is 501 g/mol. The zero-order chi connectivity index (χ0) is 22.4. The maximum Gasteiger partial charge on any atom is 0.184 e. The van der Waals surface area contributed by atoms with Crippen molar-refractivity contribution in [2.24, 2.45) is 0 Å². The van der Waals surface area contributed by atoms with Gasteiger partial charge in [0.25, 0.3) is 0 Å². The topological polar surface area (TPSA) is 18.5 Å². The SMILES string of the molecule is Brc1cccc2c1Oc1cc3c(cc1O2)-c1ccccc1C31c2ccccc2-c2ccccc21. The van der Waals surface area contributed by atoms with Crippen LogP contribution in [0.4, 0.5) is 0 Å². The Kier molecular flexibility index (Phi) is 3.50. The molecule has 1 aliphatic heterocycles. The molecule has 0 fully saturated rings. The van der Waals surface area contributed by atoms with Crippen molar-refractivity contribution >= 4 is 15.9 Å². The lowest BCUT2D eigenvalue weighted by molar-refractivity contribution is 0.357. The van der Waals surface area contributed by atoms with Crippen LogP contribution in [0.15, 0.2) is 108 Å². The van der Waals surface area contributed by atoms with E-state index in [1.807, 2.05) is 18.2 Å². The summed E-state index contributed by atoms with van der Waals surface area (Å²) in [7, 11) is 0. The third kappa shape index (κ3) is 2.12. The van der Waals surface area contributed by atoms with E-state index in [4.69, 9.17) is 9.47 Å². The van der Waals surface area contributed by atoms with E-state index < -0.39 is 0 Å². The van der Waals surface area contributed by atoms with Gasteiger partial charge >= 0.3 is 0 Å². The first-order chi connectivity index (χ1) is 16.8. The van der Waals surface area contributed by atoms with Crippen molar-refractivity contribution in [3.63, 3.8) is 0 Å². The monoisotopic (exact) mass is 500 g/mol. The predicted molar refractivity (Wildman–Crippen MR) is 137 cm³/mol. The summed E-state index contributed by atoms with van der Waals surface area (Å²) in [6.07, 6.45) is 0. The van der Waals surface area contributed by atoms with Crippen LogP contribution in [0, 0.1) is 0 Å². The molecule has 3 aliphatic rings. The zero-order valence-corrected chi connectivity index (χ0v) is 19.6. The van der Waals surface area contributed by atoms with Crippen LogP contribution in [0.5, 0.6) is 23.0 Å². The average Bonchev–Trinajstić information content (AvgIpc) is 3.34. The highest BCUT2D eigenvalue weighted by Gasteiger charge is 2.52. The van der Waals surface area contributed by atoms with Crippen molar-refractivity contribution in [3.05, 3.63) is 130 Å². The van der Waals surface area contributed by atoms with Crippen molar-refractivity contribution in [2.75, 3.05) is 0 Å². The minimum absolute atomic E-state index is 0.383. The van der Waals surface area contributed by atoms with E-state index in [1.54, 1.807) is 0 Å². The molecule has 2 nitrogen and oxygen atoms in total. The lowest BCUT2D eigenvalue weighted by Crippen LogP contribution is -2.25. The van der Waals surface area contributed by atoms with Gasteiger partial charge in [-0.25, -0.2) is 0 Å². The van der Waals surface area contributed by atoms with Crippen molar-refractivity contribution < 1.29 is 9.47 Å². The van der Waals surface area contributed by atoms with Gasteiger partial charge < -0.3 is 9.47 Å². The molecule has 3 heteroatoms. The highest BCUT2D eigenvalue weighted by Crippen LogP contribution is 2.64. The summed E-state index contributed by atoms with van der Waals surface area (Å²) >= 11 is 3.62. The molecule has 160 valence electrons. The van der Waals surface area contributed by atoms with Gasteiger partial charge in [-0.1, -0.05) is 78.9 Å². The van der Waals surface area contributed by atoms with Gasteiger partial charge in [0.2, 0.25) is 0 Å². The van der Waals surface area contributed by atoms with Crippen LogP contribution in [0.2, 0.25) is 0 Å². The lowest BCUT2D eigenvalue weighted by atomic mass is 9.70. The fourth-order valence-electron chi connectivity index (χ4n) is 6.15. The van der Waals surface area contributed by atoms with Gasteiger partial charge in [0.05, 0.1) is 9.89 Å². The number of benzene rings is 5. The minimum atomic E-state index is -0.383. The Labute approximate surface area is 205 Å². The van der Waals surface area contributed by atoms with Gasteiger partial charge in [0.1, 0.15) is 0 Å². The van der Waals surface area contributed by atoms with E-state index in [0.29, 0.717) is 5.75 Å². The molecular formula is C31H17BrO2. The summed E-state index contributed by atoms with van der Waals surface area (Å²) in [5.41, 5.74) is 9.84. The Morgan fingerprint density at radius 1 is 0.471 bits per heavy atom. The van der Waals surface area contributed by atoms with Crippen LogP contribution >= 0.6 is 15.9 Å². The normalized spacial score (nSPS) is 14.7. The van der Waals surface area contributed by atoms with Crippen LogP contribution in [0.1, 0.15) is 22.3 Å². The largest absolute Gasteiger partial charge is 0.449 e. The molecule has 0 aromatic heterocycles. The van der Waals surface area contributed by atoms with E-state index in [0.717, 1.165) is 21.7 Å². The van der Waals surface area contributed by atoms with Gasteiger partial charge in [0, 0.05) is 0 Å². The Morgan fingerprint density at radius 3 is 1.68 bits per heavy atom. The van der Waals surface area contributed by atoms with Crippen molar-refractivity contribution in [2.45, 2.75) is 5.41 Å². The molecule has 0 atom stereocenters. The number of ether oxygens (including phenoxy) is 2. The molecule has 2 aliphatic carbocycles. The van der Waals surface area contributed by atoms with Crippen molar-refractivity contribution in [1.29, 1.82) is 0 Å². The molecule has 1 heterocycles. The van der Waals surface area contributed by atoms with Crippen LogP contribution < -0.4 is 9.47 Å². The second-order valence-electron chi connectivity index (χ2n) is 9.00. The van der Waals surface area contributed by atoms with E-state index in [1.165, 1.54) is 44.5 Å². The van der Waals surface area contributed by atoms with Gasteiger partial charge in [-0.2, -0.15) is 0 Å². The summed E-state index contributed by atoms with van der Waals surface area (Å²) in [5.74, 6) is 2.93. The number of fused-ring (bicyclic) bond motifs is 12. The highest BCUT2D eigenvalue weighted by molar-refractivity contribution is 9.10. The molecule has 0 saturated heterocycles. The molecule has 0 amide bonds. The zero-order valence-electron chi connectivity index (χ0n) is 18.0. The highest BCUT2D eigenvalue weighted by atomic mass is 79.9. The Bertz CT molecular complexity index is 1640. The van der Waals surface area contributed by atoms with Gasteiger partial charge in [-0.3, -0.25) is 0 Å². The molecule has 5 aromatic rings. The molecule has 5 aromatic carbocycles. The van der Waals surface area contributed by atoms with E-state index >= 15 is 0 Å². The first-order valence-electron chi connectivity index (χ1n) is 11.4. The first kappa shape index (κ1) is 18.6. The quantitative estimate of drug-likeness (QED) is 0.207. The number of halogens is 1. The smallest absolute Gasteiger partial charge is 0.184 e. The molecule has 1 spiro atoms. The van der Waals surface area contributed by atoms with Crippen LogP contribution in [-0.2, 0) is 5.41 Å². The molecule has 34 heavy (non-hydrogen) atoms. The van der Waals surface area contributed by atoms with Gasteiger partial charge in [0.15, 0.2) is 23.0 Å².